The summed E-state index contributed by atoms with van der Waals surface area (Å²) >= 11 is 0. The molecule has 0 aliphatic heterocycles. The van der Waals surface area contributed by atoms with Crippen LogP contribution in [0, 0.1) is 0 Å². The summed E-state index contributed by atoms with van der Waals surface area (Å²) in [7, 11) is 0. The predicted molar refractivity (Wildman–Crippen MR) is 179 cm³/mol. The zero-order valence-electron chi connectivity index (χ0n) is 25.7. The highest BCUT2D eigenvalue weighted by Crippen LogP contribution is 2.28. The fraction of sp³-hybridized carbons (Fsp3) is 0.216. The lowest BCUT2D eigenvalue weighted by Gasteiger charge is -2.18. The van der Waals surface area contributed by atoms with Gasteiger partial charge in [0.1, 0.15) is 11.5 Å². The Bertz CT molecular complexity index is 1840. The van der Waals surface area contributed by atoms with E-state index in [0.717, 1.165) is 16.7 Å². The van der Waals surface area contributed by atoms with Crippen molar-refractivity contribution in [2.45, 2.75) is 25.0 Å². The van der Waals surface area contributed by atoms with E-state index in [0.29, 0.717) is 60.2 Å². The molecular weight excluding hydrogens is 598 g/mol. The summed E-state index contributed by atoms with van der Waals surface area (Å²) in [5.74, 6) is 0.199. The third-order valence-electron chi connectivity index (χ3n) is 7.73. The van der Waals surface area contributed by atoms with E-state index in [1.165, 1.54) is 12.1 Å². The van der Waals surface area contributed by atoms with E-state index in [-0.39, 0.29) is 30.5 Å². The summed E-state index contributed by atoms with van der Waals surface area (Å²) in [5, 5.41) is 27.4. The molecule has 47 heavy (non-hydrogen) atoms. The predicted octanol–water partition coefficient (Wildman–Crippen LogP) is 4.56. The summed E-state index contributed by atoms with van der Waals surface area (Å²) in [5.41, 5.74) is 3.90. The fourth-order valence-electron chi connectivity index (χ4n) is 5.32. The van der Waals surface area contributed by atoms with Crippen LogP contribution < -0.4 is 20.9 Å². The highest BCUT2D eigenvalue weighted by atomic mass is 16.5. The van der Waals surface area contributed by atoms with Crippen LogP contribution in [0.2, 0.25) is 0 Å². The molecule has 0 saturated heterocycles. The molecule has 10 nitrogen and oxygen atoms in total. The van der Waals surface area contributed by atoms with Gasteiger partial charge in [0.25, 0.3) is 0 Å². The van der Waals surface area contributed by atoms with Gasteiger partial charge in [0.15, 0.2) is 0 Å². The molecule has 242 valence electrons. The number of ether oxygens (including phenoxy) is 2. The van der Waals surface area contributed by atoms with Crippen molar-refractivity contribution in [1.29, 1.82) is 0 Å². The lowest BCUT2D eigenvalue weighted by Crippen LogP contribution is -2.24. The first kappa shape index (κ1) is 32.9. The van der Waals surface area contributed by atoms with E-state index in [2.05, 4.69) is 15.6 Å². The number of rotatable bonds is 16. The summed E-state index contributed by atoms with van der Waals surface area (Å²) in [4.78, 5) is 38.0. The van der Waals surface area contributed by atoms with Gasteiger partial charge in [-0.1, -0.05) is 60.7 Å². The Labute approximate surface area is 272 Å². The molecule has 5 N–H and O–H groups in total. The molecule has 0 fully saturated rings. The first-order valence-electron chi connectivity index (χ1n) is 15.4. The van der Waals surface area contributed by atoms with Gasteiger partial charge in [-0.3, -0.25) is 9.59 Å². The number of hydrogen-bond donors (Lipinski definition) is 5. The number of carbonyl (C=O) groups is 2. The number of hydrogen-bond acceptors (Lipinski definition) is 8. The highest BCUT2D eigenvalue weighted by Gasteiger charge is 2.15. The lowest BCUT2D eigenvalue weighted by molar-refractivity contribution is -0.110. The maximum absolute atomic E-state index is 12.5. The number of aromatic amines is 1. The van der Waals surface area contributed by atoms with Crippen LogP contribution in [-0.2, 0) is 16.0 Å². The Balaban J connectivity index is 1.02. The van der Waals surface area contributed by atoms with E-state index in [1.807, 2.05) is 66.7 Å². The normalized spacial score (nSPS) is 12.3. The summed E-state index contributed by atoms with van der Waals surface area (Å²) in [6.07, 6.45) is 1.04. The van der Waals surface area contributed by atoms with Gasteiger partial charge in [-0.25, -0.2) is 4.79 Å². The molecule has 2 unspecified atom stereocenters. The van der Waals surface area contributed by atoms with Crippen molar-refractivity contribution in [2.75, 3.05) is 26.3 Å². The molecule has 0 bridgehead atoms. The van der Waals surface area contributed by atoms with Gasteiger partial charge in [0.2, 0.25) is 12.0 Å². The van der Waals surface area contributed by atoms with Gasteiger partial charge < -0.3 is 35.3 Å². The van der Waals surface area contributed by atoms with E-state index in [4.69, 9.17) is 9.47 Å². The number of pyridine rings is 1. The fourth-order valence-corrected chi connectivity index (χ4v) is 5.32. The van der Waals surface area contributed by atoms with E-state index < -0.39 is 12.1 Å². The van der Waals surface area contributed by atoms with E-state index >= 15 is 0 Å². The Morgan fingerprint density at radius 1 is 0.894 bits per heavy atom. The van der Waals surface area contributed by atoms with Gasteiger partial charge >= 0.3 is 5.97 Å². The molecule has 2 atom stereocenters. The minimum Gasteiger partial charge on any atom is -0.506 e. The monoisotopic (exact) mass is 635 g/mol. The topological polar surface area (TPSA) is 150 Å². The van der Waals surface area contributed by atoms with Crippen LogP contribution in [0.1, 0.15) is 51.2 Å². The molecule has 1 heterocycles. The maximum atomic E-state index is 12.5. The second-order valence-electron chi connectivity index (χ2n) is 11.0. The average molecular weight is 636 g/mol. The van der Waals surface area contributed by atoms with E-state index in [1.54, 1.807) is 24.3 Å². The van der Waals surface area contributed by atoms with Crippen molar-refractivity contribution < 1.29 is 29.3 Å². The molecule has 5 aromatic rings. The Hall–Kier alpha value is -5.45. The minimum atomic E-state index is -0.838. The number of amides is 1. The SMILES string of the molecule is O=CNC(c1ccccc1)c1cccc(OCCCOC(=O)c2ccc(CCNCC(O)c3ccc(O)c4[nH]c(=O)ccc34)cc2)c1. The standard InChI is InChI=1S/C37H37N3O7/c41-24-39-35(26-6-2-1-3-7-26)28-8-4-9-29(22-28)46-20-5-21-47-37(45)27-12-10-25(11-13-27)18-19-38-23-33(43)30-14-16-32(42)36-31(30)15-17-34(44)40-36/h1-4,6-17,22,24,33,35,38,42-43H,5,18-21,23H2,(H,39,41)(H,40,44). The third kappa shape index (κ3) is 8.84. The number of aliphatic hydroxyl groups is 1. The molecule has 0 aliphatic carbocycles. The Morgan fingerprint density at radius 2 is 1.68 bits per heavy atom. The smallest absolute Gasteiger partial charge is 0.338 e. The molecule has 4 aromatic carbocycles. The number of aliphatic hydroxyl groups excluding tert-OH is 1. The number of nitrogens with one attached hydrogen (secondary N) is 3. The van der Waals surface area contributed by atoms with Crippen LogP contribution in [0.25, 0.3) is 10.9 Å². The van der Waals surface area contributed by atoms with Crippen LogP contribution in [0.4, 0.5) is 0 Å². The van der Waals surface area contributed by atoms with Gasteiger partial charge in [0, 0.05) is 24.4 Å². The molecule has 1 aromatic heterocycles. The van der Waals surface area contributed by atoms with Crippen LogP contribution in [0.3, 0.4) is 0 Å². The zero-order chi connectivity index (χ0) is 33.0. The quantitative estimate of drug-likeness (QED) is 0.0602. The highest BCUT2D eigenvalue weighted by molar-refractivity contribution is 5.89. The number of fused-ring (bicyclic) bond motifs is 1. The van der Waals surface area contributed by atoms with Gasteiger partial charge in [-0.05, 0) is 71.6 Å². The number of phenolic OH excluding ortho intramolecular Hbond substituents is 1. The molecule has 0 aliphatic rings. The summed E-state index contributed by atoms with van der Waals surface area (Å²) in [6, 6.07) is 30.2. The molecule has 0 spiro atoms. The molecular formula is C37H37N3O7. The lowest BCUT2D eigenvalue weighted by atomic mass is 9.99. The zero-order valence-corrected chi connectivity index (χ0v) is 25.7. The number of H-pyrrole nitrogens is 1. The number of benzene rings is 4. The third-order valence-corrected chi connectivity index (χ3v) is 7.73. The molecule has 1 amide bonds. The Morgan fingerprint density at radius 3 is 2.47 bits per heavy atom. The van der Waals surface area contributed by atoms with Crippen molar-refractivity contribution >= 4 is 23.3 Å². The van der Waals surface area contributed by atoms with Gasteiger partial charge in [0.05, 0.1) is 36.4 Å². The second kappa shape index (κ2) is 16.2. The largest absolute Gasteiger partial charge is 0.506 e. The first-order chi connectivity index (χ1) is 22.9. The summed E-state index contributed by atoms with van der Waals surface area (Å²) in [6.45, 7) is 1.44. The molecule has 0 radical (unpaired) electrons. The average Bonchev–Trinajstić information content (AvgIpc) is 3.10. The van der Waals surface area contributed by atoms with Crippen LogP contribution in [0.5, 0.6) is 11.5 Å². The molecule has 0 saturated carbocycles. The second-order valence-corrected chi connectivity index (χ2v) is 11.0. The number of aromatic nitrogens is 1. The molecule has 5 rings (SSSR count). The summed E-state index contributed by atoms with van der Waals surface area (Å²) < 4.78 is 11.3. The number of carbonyl (C=O) groups excluding carboxylic acids is 2. The van der Waals surface area contributed by atoms with Crippen molar-refractivity contribution in [1.82, 2.24) is 15.6 Å². The van der Waals surface area contributed by atoms with Crippen molar-refractivity contribution in [3.63, 3.8) is 0 Å². The van der Waals surface area contributed by atoms with E-state index in [9.17, 15) is 24.6 Å². The Kier molecular flexibility index (Phi) is 11.4. The van der Waals surface area contributed by atoms with Crippen LogP contribution >= 0.6 is 0 Å². The maximum Gasteiger partial charge on any atom is 0.338 e. The van der Waals surface area contributed by atoms with Crippen molar-refractivity contribution in [2.24, 2.45) is 0 Å². The number of aromatic hydroxyl groups is 1. The molecule has 10 heteroatoms. The van der Waals surface area contributed by atoms with Crippen molar-refractivity contribution in [3.8, 4) is 11.5 Å². The van der Waals surface area contributed by atoms with Crippen LogP contribution in [-0.4, -0.2) is 53.9 Å². The van der Waals surface area contributed by atoms with Crippen molar-refractivity contribution in [3.05, 3.63) is 141 Å². The first-order valence-corrected chi connectivity index (χ1v) is 15.4. The van der Waals surface area contributed by atoms with Gasteiger partial charge in [-0.2, -0.15) is 0 Å². The number of esters is 1. The minimum absolute atomic E-state index is 0.0518. The van der Waals surface area contributed by atoms with Crippen LogP contribution in [0.15, 0.2) is 108 Å². The van der Waals surface area contributed by atoms with Gasteiger partial charge in [-0.15, -0.1) is 0 Å². The number of phenols is 1.